The number of amides is 3. The maximum absolute atomic E-state index is 14.0. The number of fused-ring (bicyclic) bond motifs is 6. The number of hydrogen-bond acceptors (Lipinski definition) is 8. The average Bonchev–Trinajstić information content (AvgIpc) is 3.22. The topological polar surface area (TPSA) is 136 Å². The van der Waals surface area contributed by atoms with Crippen molar-refractivity contribution in [3.05, 3.63) is 116 Å². The molecule has 2 aliphatic rings. The largest absolute Gasteiger partial charge is 0.493 e. The van der Waals surface area contributed by atoms with E-state index in [0.717, 1.165) is 86.6 Å². The van der Waals surface area contributed by atoms with Crippen molar-refractivity contribution in [2.45, 2.75) is 79.1 Å². The van der Waals surface area contributed by atoms with Crippen molar-refractivity contribution < 1.29 is 33.3 Å². The molecule has 11 heteroatoms. The van der Waals surface area contributed by atoms with E-state index in [1.807, 2.05) is 31.2 Å². The lowest BCUT2D eigenvalue weighted by atomic mass is 9.89. The van der Waals surface area contributed by atoms with E-state index in [1.165, 1.54) is 0 Å². The quantitative estimate of drug-likeness (QED) is 0.123. The summed E-state index contributed by atoms with van der Waals surface area (Å²) in [6.07, 6.45) is 4.54. The molecule has 4 aromatic rings. The van der Waals surface area contributed by atoms with Crippen molar-refractivity contribution in [2.75, 3.05) is 59.2 Å². The molecule has 0 spiro atoms. The Bertz CT molecular complexity index is 1990. The minimum atomic E-state index is -0.357. The van der Waals surface area contributed by atoms with Crippen molar-refractivity contribution in [3.8, 4) is 23.0 Å². The van der Waals surface area contributed by atoms with Crippen LogP contribution in [0.5, 0.6) is 23.0 Å². The minimum absolute atomic E-state index is 0.0832. The predicted octanol–water partition coefficient (Wildman–Crippen LogP) is 6.24. The van der Waals surface area contributed by atoms with Gasteiger partial charge in [-0.25, -0.2) is 0 Å². The van der Waals surface area contributed by atoms with Crippen LogP contribution >= 0.6 is 0 Å². The monoisotopic (exact) mass is 804 g/mol. The summed E-state index contributed by atoms with van der Waals surface area (Å²) in [6.45, 7) is 11.9. The molecule has 0 saturated carbocycles. The molecule has 4 N–H and O–H groups in total. The number of rotatable bonds is 11. The SMILES string of the molecule is CCCOc1c2cccc1Cc1cc3cc(c1OCCC)Cc1cccc(c1OCCC)Cc1cc(cc(c1OCC)C2)C(=O)NCC(=O)NCCNCCNC(=O)C3. The van der Waals surface area contributed by atoms with E-state index in [9.17, 15) is 14.4 Å². The van der Waals surface area contributed by atoms with Gasteiger partial charge in [0.25, 0.3) is 5.91 Å². The van der Waals surface area contributed by atoms with Crippen LogP contribution in [0.4, 0.5) is 0 Å². The Morgan fingerprint density at radius 1 is 0.475 bits per heavy atom. The van der Waals surface area contributed by atoms with Gasteiger partial charge < -0.3 is 40.2 Å². The van der Waals surface area contributed by atoms with Gasteiger partial charge in [-0.3, -0.25) is 14.4 Å². The fourth-order valence-electron chi connectivity index (χ4n) is 7.77. The van der Waals surface area contributed by atoms with E-state index in [2.05, 4.69) is 78.4 Å². The van der Waals surface area contributed by atoms with Crippen LogP contribution in [-0.4, -0.2) is 76.9 Å². The second kappa shape index (κ2) is 21.5. The van der Waals surface area contributed by atoms with Crippen molar-refractivity contribution in [3.63, 3.8) is 0 Å². The molecule has 0 atom stereocenters. The second-order valence-electron chi connectivity index (χ2n) is 15.2. The summed E-state index contributed by atoms with van der Waals surface area (Å²) in [6, 6.07) is 20.4. The smallest absolute Gasteiger partial charge is 0.251 e. The molecule has 10 bridgehead atoms. The van der Waals surface area contributed by atoms with E-state index < -0.39 is 0 Å². The van der Waals surface area contributed by atoms with Crippen LogP contribution in [0.3, 0.4) is 0 Å². The fourth-order valence-corrected chi connectivity index (χ4v) is 7.77. The number of carbonyl (C=O) groups excluding carboxylic acids is 3. The standard InChI is InChI=1S/C48H60N4O7/c1-5-19-57-44-33-11-9-13-35(44)27-39-29-41-30-40(46(39)56-8-4)28-36-14-10-12-34(45(36)58-20-6-2)26-38-23-32(22-37(25-33)47(38)59-21-7-3)24-42(53)50-17-15-49-16-18-51-43(54)31-52-48(41)55/h9-14,22-23,29-30,49H,5-8,15-21,24-28,31H2,1-4H3,(H,50,53)(H,51,54)(H,52,55). The highest BCUT2D eigenvalue weighted by Crippen LogP contribution is 2.40. The summed E-state index contributed by atoms with van der Waals surface area (Å²) in [5.41, 5.74) is 8.84. The predicted molar refractivity (Wildman–Crippen MR) is 230 cm³/mol. The Labute approximate surface area is 348 Å². The Morgan fingerprint density at radius 2 is 0.898 bits per heavy atom. The first-order valence-electron chi connectivity index (χ1n) is 21.4. The molecular weight excluding hydrogens is 745 g/mol. The summed E-state index contributed by atoms with van der Waals surface area (Å²) < 4.78 is 26.5. The third kappa shape index (κ3) is 11.4. The van der Waals surface area contributed by atoms with E-state index in [0.29, 0.717) is 89.6 Å². The lowest BCUT2D eigenvalue weighted by molar-refractivity contribution is -0.120. The van der Waals surface area contributed by atoms with Crippen molar-refractivity contribution >= 4 is 17.7 Å². The number of ether oxygens (including phenoxy) is 4. The molecule has 0 radical (unpaired) electrons. The van der Waals surface area contributed by atoms with Crippen LogP contribution in [0.1, 0.15) is 107 Å². The number of carbonyl (C=O) groups is 3. The zero-order valence-corrected chi connectivity index (χ0v) is 35.2. The van der Waals surface area contributed by atoms with Gasteiger partial charge in [-0.15, -0.1) is 0 Å². The molecule has 59 heavy (non-hydrogen) atoms. The third-order valence-electron chi connectivity index (χ3n) is 10.3. The molecule has 0 fully saturated rings. The molecule has 0 saturated heterocycles. The van der Waals surface area contributed by atoms with Gasteiger partial charge in [-0.1, -0.05) is 69.3 Å². The Kier molecular flexibility index (Phi) is 15.6. The Hall–Kier alpha value is -5.55. The maximum atomic E-state index is 14.0. The number of para-hydroxylation sites is 2. The van der Waals surface area contributed by atoms with E-state index in [1.54, 1.807) is 0 Å². The van der Waals surface area contributed by atoms with Crippen LogP contribution in [0.15, 0.2) is 60.7 Å². The van der Waals surface area contributed by atoms with Gasteiger partial charge in [0.2, 0.25) is 11.8 Å². The van der Waals surface area contributed by atoms with Crippen LogP contribution < -0.4 is 40.2 Å². The van der Waals surface area contributed by atoms with Gasteiger partial charge in [0.15, 0.2) is 0 Å². The third-order valence-corrected chi connectivity index (χ3v) is 10.3. The van der Waals surface area contributed by atoms with E-state index >= 15 is 0 Å². The highest BCUT2D eigenvalue weighted by Gasteiger charge is 2.24. The minimum Gasteiger partial charge on any atom is -0.493 e. The van der Waals surface area contributed by atoms with Crippen LogP contribution in [0.2, 0.25) is 0 Å². The molecule has 0 unspecified atom stereocenters. The number of benzene rings is 4. The summed E-state index contributed by atoms with van der Waals surface area (Å²) in [5, 5.41) is 12.0. The molecule has 0 aromatic heterocycles. The molecule has 314 valence electrons. The first-order chi connectivity index (χ1) is 28.8. The Balaban J connectivity index is 1.64. The van der Waals surface area contributed by atoms with Gasteiger partial charge in [-0.2, -0.15) is 0 Å². The molecule has 4 aromatic carbocycles. The molecule has 1 aliphatic heterocycles. The molecular formula is C48H60N4O7. The van der Waals surface area contributed by atoms with Gasteiger partial charge >= 0.3 is 0 Å². The van der Waals surface area contributed by atoms with E-state index in [-0.39, 0.29) is 30.7 Å². The lowest BCUT2D eigenvalue weighted by Crippen LogP contribution is -2.40. The normalized spacial score (nSPS) is 15.0. The zero-order chi connectivity index (χ0) is 41.6. The number of nitrogens with one attached hydrogen (secondary N) is 4. The molecule has 3 amide bonds. The Morgan fingerprint density at radius 3 is 1.36 bits per heavy atom. The first-order valence-corrected chi connectivity index (χ1v) is 21.4. The van der Waals surface area contributed by atoms with Gasteiger partial charge in [0.1, 0.15) is 23.0 Å². The maximum Gasteiger partial charge on any atom is 0.251 e. The molecule has 6 rings (SSSR count). The average molecular weight is 805 g/mol. The van der Waals surface area contributed by atoms with Gasteiger partial charge in [0.05, 0.1) is 39.4 Å². The van der Waals surface area contributed by atoms with Crippen molar-refractivity contribution in [1.29, 1.82) is 0 Å². The highest BCUT2D eigenvalue weighted by atomic mass is 16.5. The van der Waals surface area contributed by atoms with Crippen LogP contribution in [0, 0.1) is 0 Å². The van der Waals surface area contributed by atoms with Gasteiger partial charge in [0, 0.05) is 57.4 Å². The lowest BCUT2D eigenvalue weighted by Gasteiger charge is -2.23. The molecule has 1 aliphatic carbocycles. The molecule has 1 heterocycles. The van der Waals surface area contributed by atoms with Crippen molar-refractivity contribution in [1.82, 2.24) is 21.3 Å². The van der Waals surface area contributed by atoms with E-state index in [4.69, 9.17) is 18.9 Å². The molecule has 11 nitrogen and oxygen atoms in total. The van der Waals surface area contributed by atoms with Crippen LogP contribution in [0.25, 0.3) is 0 Å². The second-order valence-corrected chi connectivity index (χ2v) is 15.2. The zero-order valence-electron chi connectivity index (χ0n) is 35.2. The summed E-state index contributed by atoms with van der Waals surface area (Å²) in [5.74, 6) is 2.36. The van der Waals surface area contributed by atoms with Crippen LogP contribution in [-0.2, 0) is 41.7 Å². The summed E-state index contributed by atoms with van der Waals surface area (Å²) >= 11 is 0. The summed E-state index contributed by atoms with van der Waals surface area (Å²) in [7, 11) is 0. The summed E-state index contributed by atoms with van der Waals surface area (Å²) in [4.78, 5) is 40.3. The van der Waals surface area contributed by atoms with Gasteiger partial charge in [-0.05, 0) is 88.4 Å². The number of hydrogen-bond donors (Lipinski definition) is 4. The van der Waals surface area contributed by atoms with Crippen molar-refractivity contribution in [2.24, 2.45) is 0 Å². The first kappa shape index (κ1) is 43.0. The fraction of sp³-hybridized carbons (Fsp3) is 0.438. The highest BCUT2D eigenvalue weighted by molar-refractivity contribution is 5.97.